The highest BCUT2D eigenvalue weighted by atomic mass is 16.7. The molecule has 0 bridgehead atoms. The molecule has 4 fully saturated rings. The van der Waals surface area contributed by atoms with Crippen molar-refractivity contribution in [3.8, 4) is 0 Å². The molecule has 4 aliphatic rings. The van der Waals surface area contributed by atoms with Crippen LogP contribution in [0.3, 0.4) is 0 Å². The van der Waals surface area contributed by atoms with Crippen LogP contribution in [0, 0.1) is 17.8 Å². The Bertz CT molecular complexity index is 1140. The molecule has 0 amide bonds. The van der Waals surface area contributed by atoms with Crippen molar-refractivity contribution in [3.05, 3.63) is 22.7 Å². The minimum Gasteiger partial charge on any atom is -0.463 e. The van der Waals surface area contributed by atoms with Crippen LogP contribution in [0.5, 0.6) is 0 Å². The number of hydrogen-bond donors (Lipinski definition) is 2. The molecule has 42 heavy (non-hydrogen) atoms. The van der Waals surface area contributed by atoms with E-state index in [-0.39, 0.29) is 36.1 Å². The molecule has 232 valence electrons. The molecule has 2 N–H and O–H groups in total. The quantitative estimate of drug-likeness (QED) is 0.243. The third-order valence-electron chi connectivity index (χ3n) is 9.21. The Morgan fingerprint density at radius 2 is 1.31 bits per heavy atom. The number of esters is 3. The fraction of sp³-hybridized carbons (Fsp3) is 0.767. The average molecular weight is 590 g/mol. The van der Waals surface area contributed by atoms with Crippen LogP contribution >= 0.6 is 0 Å². The zero-order valence-corrected chi connectivity index (χ0v) is 24.1. The maximum atomic E-state index is 13.4. The summed E-state index contributed by atoms with van der Waals surface area (Å²) in [5.41, 5.74) is 1.07. The molecule has 0 unspecified atom stereocenters. The second-order valence-corrected chi connectivity index (χ2v) is 12.1. The summed E-state index contributed by atoms with van der Waals surface area (Å²) in [6.07, 6.45) is 10.1. The van der Waals surface area contributed by atoms with Crippen LogP contribution in [0.2, 0.25) is 0 Å². The number of nitrogens with zero attached hydrogens (tertiary/aromatic N) is 2. The Morgan fingerprint density at radius 1 is 0.810 bits per heavy atom. The second-order valence-electron chi connectivity index (χ2n) is 12.1. The van der Waals surface area contributed by atoms with Crippen molar-refractivity contribution >= 4 is 23.7 Å². The molecule has 5 rings (SSSR count). The van der Waals surface area contributed by atoms with Crippen molar-refractivity contribution < 1.29 is 38.5 Å². The summed E-state index contributed by atoms with van der Waals surface area (Å²) in [6.45, 7) is -0.218. The van der Waals surface area contributed by atoms with Crippen molar-refractivity contribution in [1.29, 1.82) is 0 Å². The van der Waals surface area contributed by atoms with Crippen LogP contribution < -0.4 is 11.2 Å². The summed E-state index contributed by atoms with van der Waals surface area (Å²) in [5, 5.41) is 9.20. The van der Waals surface area contributed by atoms with Gasteiger partial charge in [-0.25, -0.2) is 4.79 Å². The van der Waals surface area contributed by atoms with Crippen molar-refractivity contribution in [1.82, 2.24) is 9.55 Å². The largest absolute Gasteiger partial charge is 0.463 e. The van der Waals surface area contributed by atoms with Crippen LogP contribution in [0.4, 0.5) is 5.82 Å². The lowest BCUT2D eigenvalue weighted by molar-refractivity contribution is -0.176. The van der Waals surface area contributed by atoms with Gasteiger partial charge in [0.05, 0.1) is 17.8 Å². The Morgan fingerprint density at radius 3 is 1.81 bits per heavy atom. The zero-order valence-electron chi connectivity index (χ0n) is 24.1. The second kappa shape index (κ2) is 14.5. The van der Waals surface area contributed by atoms with E-state index in [1.165, 1.54) is 12.3 Å². The van der Waals surface area contributed by atoms with Gasteiger partial charge in [-0.1, -0.05) is 57.8 Å². The molecule has 2 heterocycles. The van der Waals surface area contributed by atoms with Crippen LogP contribution in [0.25, 0.3) is 0 Å². The average Bonchev–Trinajstić information content (AvgIpc) is 3.36. The molecule has 1 saturated heterocycles. The predicted molar refractivity (Wildman–Crippen MR) is 148 cm³/mol. The van der Waals surface area contributed by atoms with Gasteiger partial charge in [-0.2, -0.15) is 4.98 Å². The van der Waals surface area contributed by atoms with E-state index >= 15 is 0 Å². The number of carbonyl (C=O) groups is 3. The highest BCUT2D eigenvalue weighted by Crippen LogP contribution is 2.37. The molecule has 3 aliphatic carbocycles. The fourth-order valence-electron chi connectivity index (χ4n) is 6.76. The minimum atomic E-state index is -1.19. The van der Waals surface area contributed by atoms with E-state index in [2.05, 4.69) is 4.98 Å². The Hall–Kier alpha value is -2.99. The summed E-state index contributed by atoms with van der Waals surface area (Å²) >= 11 is 0. The molecule has 4 atom stereocenters. The monoisotopic (exact) mass is 589 g/mol. The van der Waals surface area contributed by atoms with E-state index in [1.807, 2.05) is 5.48 Å². The van der Waals surface area contributed by atoms with Gasteiger partial charge in [0.15, 0.2) is 24.3 Å². The molecule has 1 aromatic rings. The Balaban J connectivity index is 1.42. The first-order valence-electron chi connectivity index (χ1n) is 15.7. The number of nitrogens with one attached hydrogen (secondary N) is 1. The van der Waals surface area contributed by atoms with E-state index in [4.69, 9.17) is 18.9 Å². The standard InChI is InChI=1S/C30H43N3O9/c34-27(19-10-4-1-5-11-19)39-18-22-24(41-28(35)20-12-6-2-7-13-20)25(42-29(36)21-14-8-3-9-15-21)26(40-22)33-17-16-23(32-38)31-30(33)37/h16-17,19-22,24-26,38H,1-15,18H2,(H,31,32,37)/t22-,24-,25-,26-/m1/s1. The third-order valence-corrected chi connectivity index (χ3v) is 9.21. The van der Waals surface area contributed by atoms with Gasteiger partial charge in [0.25, 0.3) is 0 Å². The van der Waals surface area contributed by atoms with Gasteiger partial charge in [-0.05, 0) is 44.6 Å². The maximum Gasteiger partial charge on any atom is 0.351 e. The molecule has 0 spiro atoms. The number of hydrogen-bond acceptors (Lipinski definition) is 11. The van der Waals surface area contributed by atoms with Crippen LogP contribution in [-0.2, 0) is 33.3 Å². The van der Waals surface area contributed by atoms with Gasteiger partial charge < -0.3 is 18.9 Å². The summed E-state index contributed by atoms with van der Waals surface area (Å²) in [6, 6.07) is 1.37. The lowest BCUT2D eigenvalue weighted by atomic mass is 9.89. The van der Waals surface area contributed by atoms with Crippen LogP contribution in [-0.4, -0.2) is 57.6 Å². The number of rotatable bonds is 9. The fourth-order valence-corrected chi connectivity index (χ4v) is 6.76. The van der Waals surface area contributed by atoms with Crippen LogP contribution in [0.1, 0.15) is 103 Å². The number of carbonyl (C=O) groups excluding carboxylic acids is 3. The Labute approximate surface area is 245 Å². The predicted octanol–water partition coefficient (Wildman–Crippen LogP) is 4.05. The smallest absolute Gasteiger partial charge is 0.351 e. The first-order chi connectivity index (χ1) is 20.4. The molecule has 1 aliphatic heterocycles. The molecule has 1 aromatic heterocycles. The van der Waals surface area contributed by atoms with Gasteiger partial charge in [0.1, 0.15) is 12.7 Å². The van der Waals surface area contributed by atoms with E-state index in [0.717, 1.165) is 75.2 Å². The van der Waals surface area contributed by atoms with Gasteiger partial charge >= 0.3 is 23.6 Å². The first kappa shape index (κ1) is 30.5. The van der Waals surface area contributed by atoms with E-state index in [0.29, 0.717) is 25.7 Å². The van der Waals surface area contributed by atoms with Crippen molar-refractivity contribution in [2.24, 2.45) is 17.8 Å². The van der Waals surface area contributed by atoms with Crippen molar-refractivity contribution in [2.45, 2.75) is 121 Å². The van der Waals surface area contributed by atoms with E-state index in [1.54, 1.807) is 0 Å². The van der Waals surface area contributed by atoms with Crippen LogP contribution in [0.15, 0.2) is 17.1 Å². The normalized spacial score (nSPS) is 27.7. The lowest BCUT2D eigenvalue weighted by Gasteiger charge is -2.29. The third kappa shape index (κ3) is 7.31. The molecule has 12 heteroatoms. The molecular weight excluding hydrogens is 546 g/mol. The topological polar surface area (TPSA) is 155 Å². The molecule has 12 nitrogen and oxygen atoms in total. The summed E-state index contributed by atoms with van der Waals surface area (Å²) in [7, 11) is 0. The van der Waals surface area contributed by atoms with Crippen molar-refractivity contribution in [2.75, 3.05) is 12.1 Å². The minimum absolute atomic E-state index is 0.0664. The summed E-state index contributed by atoms with van der Waals surface area (Å²) < 4.78 is 25.2. The summed E-state index contributed by atoms with van der Waals surface area (Å²) in [5.74, 6) is -2.00. The van der Waals surface area contributed by atoms with Gasteiger partial charge in [-0.15, -0.1) is 0 Å². The molecule has 0 aromatic carbocycles. The van der Waals surface area contributed by atoms with Gasteiger partial charge in [-0.3, -0.25) is 29.6 Å². The SMILES string of the molecule is O=C(OC[C@H]1O[C@@H](n2ccc(NO)nc2=O)[C@H](OC(=O)C2CCCCC2)[C@@H]1OC(=O)C1CCCCC1)C1CCCCC1. The highest BCUT2D eigenvalue weighted by molar-refractivity contribution is 5.74. The summed E-state index contributed by atoms with van der Waals surface area (Å²) in [4.78, 5) is 56.4. The molecular formula is C30H43N3O9. The number of ether oxygens (including phenoxy) is 4. The zero-order chi connectivity index (χ0) is 29.5. The lowest BCUT2D eigenvalue weighted by Crippen LogP contribution is -2.44. The van der Waals surface area contributed by atoms with E-state index in [9.17, 15) is 24.4 Å². The Kier molecular flexibility index (Phi) is 10.5. The molecule has 0 radical (unpaired) electrons. The number of anilines is 1. The number of aromatic nitrogens is 2. The van der Waals surface area contributed by atoms with Gasteiger partial charge in [0.2, 0.25) is 0 Å². The van der Waals surface area contributed by atoms with Crippen molar-refractivity contribution in [3.63, 3.8) is 0 Å². The first-order valence-corrected chi connectivity index (χ1v) is 15.7. The van der Waals surface area contributed by atoms with Gasteiger partial charge in [0, 0.05) is 6.20 Å². The van der Waals surface area contributed by atoms with E-state index < -0.39 is 42.2 Å². The highest BCUT2D eigenvalue weighted by Gasteiger charge is 2.52. The maximum absolute atomic E-state index is 13.4. The molecule has 3 saturated carbocycles.